The second-order valence-corrected chi connectivity index (χ2v) is 7.66. The topological polar surface area (TPSA) is 0 Å². The normalized spacial score (nSPS) is 14.6. The standard InChI is InChI=1S/C27H26N.BrH/c1-3-12-24(13-4-1)14-10-22-28(20-7-2-8-21-28)23-11-18-26-17-9-16-25-15-5-6-19-27(25)26;/h1,3-6,9,12-13,15-17,19H,2,7-8,20-23H2;1H/q+1;/p-1. The Hall–Kier alpha value is -2.52. The van der Waals surface area contributed by atoms with E-state index in [1.807, 2.05) is 18.2 Å². The molecule has 0 amide bonds. The van der Waals surface area contributed by atoms with Gasteiger partial charge in [0.25, 0.3) is 0 Å². The predicted molar refractivity (Wildman–Crippen MR) is 118 cm³/mol. The Balaban J connectivity index is 0.00000240. The van der Waals surface area contributed by atoms with Gasteiger partial charge in [0.05, 0.1) is 13.1 Å². The smallest absolute Gasteiger partial charge is 0.142 e. The second kappa shape index (κ2) is 10.3. The first kappa shape index (κ1) is 21.2. The van der Waals surface area contributed by atoms with E-state index in [9.17, 15) is 0 Å². The van der Waals surface area contributed by atoms with E-state index in [4.69, 9.17) is 0 Å². The number of halogens is 1. The molecule has 0 unspecified atom stereocenters. The monoisotopic (exact) mass is 443 g/mol. The van der Waals surface area contributed by atoms with Crippen LogP contribution in [-0.4, -0.2) is 30.7 Å². The molecule has 0 bridgehead atoms. The molecule has 4 rings (SSSR count). The number of piperidine rings is 1. The van der Waals surface area contributed by atoms with E-state index in [0.717, 1.165) is 28.7 Å². The largest absolute Gasteiger partial charge is 1.00 e. The zero-order valence-corrected chi connectivity index (χ0v) is 18.3. The summed E-state index contributed by atoms with van der Waals surface area (Å²) in [4.78, 5) is 0. The van der Waals surface area contributed by atoms with Crippen molar-refractivity contribution >= 4 is 10.8 Å². The molecular formula is C27H26BrN. The highest BCUT2D eigenvalue weighted by atomic mass is 79.9. The summed E-state index contributed by atoms with van der Waals surface area (Å²) in [5.41, 5.74) is 2.23. The van der Waals surface area contributed by atoms with Gasteiger partial charge in [0.2, 0.25) is 0 Å². The summed E-state index contributed by atoms with van der Waals surface area (Å²) in [5, 5.41) is 2.50. The molecule has 0 atom stereocenters. The Morgan fingerprint density at radius 3 is 2.10 bits per heavy atom. The summed E-state index contributed by atoms with van der Waals surface area (Å²) in [5.74, 6) is 13.7. The van der Waals surface area contributed by atoms with Crippen molar-refractivity contribution in [2.75, 3.05) is 26.2 Å². The van der Waals surface area contributed by atoms with Crippen molar-refractivity contribution in [1.29, 1.82) is 0 Å². The Labute approximate surface area is 185 Å². The third-order valence-electron chi connectivity index (χ3n) is 5.61. The lowest BCUT2D eigenvalue weighted by Crippen LogP contribution is -3.00. The van der Waals surface area contributed by atoms with Crippen molar-refractivity contribution in [3.63, 3.8) is 0 Å². The van der Waals surface area contributed by atoms with Crippen LogP contribution in [0.15, 0.2) is 72.8 Å². The third-order valence-corrected chi connectivity index (χ3v) is 5.61. The number of rotatable bonds is 2. The number of likely N-dealkylation sites (tertiary alicyclic amines) is 1. The first-order valence-corrected chi connectivity index (χ1v) is 10.2. The van der Waals surface area contributed by atoms with Gasteiger partial charge in [-0.1, -0.05) is 66.4 Å². The molecule has 0 saturated carbocycles. The summed E-state index contributed by atoms with van der Waals surface area (Å²) < 4.78 is 1.01. The molecule has 1 saturated heterocycles. The predicted octanol–water partition coefficient (Wildman–Crippen LogP) is 2.25. The van der Waals surface area contributed by atoms with Gasteiger partial charge in [0, 0.05) is 11.1 Å². The molecular weight excluding hydrogens is 418 g/mol. The third kappa shape index (κ3) is 5.51. The van der Waals surface area contributed by atoms with Crippen LogP contribution in [0, 0.1) is 23.7 Å². The van der Waals surface area contributed by atoms with Crippen LogP contribution in [0.5, 0.6) is 0 Å². The van der Waals surface area contributed by atoms with E-state index in [1.54, 1.807) is 0 Å². The highest BCUT2D eigenvalue weighted by molar-refractivity contribution is 5.88. The second-order valence-electron chi connectivity index (χ2n) is 7.66. The van der Waals surface area contributed by atoms with E-state index in [0.29, 0.717) is 0 Å². The Morgan fingerprint density at radius 2 is 1.31 bits per heavy atom. The molecule has 2 heteroatoms. The minimum absolute atomic E-state index is 0. The summed E-state index contributed by atoms with van der Waals surface area (Å²) in [6.07, 6.45) is 3.90. The van der Waals surface area contributed by atoms with Crippen molar-refractivity contribution in [3.05, 3.63) is 83.9 Å². The summed E-state index contributed by atoms with van der Waals surface area (Å²) >= 11 is 0. The Kier molecular flexibility index (Phi) is 7.54. The summed E-state index contributed by atoms with van der Waals surface area (Å²) in [6, 6.07) is 25.1. The lowest BCUT2D eigenvalue weighted by Gasteiger charge is -2.38. The molecule has 1 heterocycles. The number of hydrogen-bond acceptors (Lipinski definition) is 0. The average molecular weight is 444 g/mol. The van der Waals surface area contributed by atoms with Crippen molar-refractivity contribution in [3.8, 4) is 23.7 Å². The highest BCUT2D eigenvalue weighted by Crippen LogP contribution is 2.19. The van der Waals surface area contributed by atoms with Crippen LogP contribution in [-0.2, 0) is 0 Å². The van der Waals surface area contributed by atoms with Crippen LogP contribution in [0.2, 0.25) is 0 Å². The maximum Gasteiger partial charge on any atom is 0.142 e. The molecule has 3 aromatic rings. The van der Waals surface area contributed by atoms with E-state index in [1.165, 1.54) is 43.1 Å². The first-order valence-electron chi connectivity index (χ1n) is 10.2. The maximum atomic E-state index is 3.51. The SMILES string of the molecule is C(#Cc1ccccc1)C[N+]1(CC#Cc2cccc3ccccc23)CCCCC1.[Br-]. The minimum atomic E-state index is 0. The van der Waals surface area contributed by atoms with Gasteiger partial charge in [-0.2, -0.15) is 0 Å². The van der Waals surface area contributed by atoms with Crippen LogP contribution in [0.1, 0.15) is 30.4 Å². The van der Waals surface area contributed by atoms with Gasteiger partial charge in [-0.15, -0.1) is 0 Å². The van der Waals surface area contributed by atoms with Crippen molar-refractivity contribution in [2.24, 2.45) is 0 Å². The number of benzene rings is 3. The van der Waals surface area contributed by atoms with Gasteiger partial charge >= 0.3 is 0 Å². The van der Waals surface area contributed by atoms with E-state index < -0.39 is 0 Å². The van der Waals surface area contributed by atoms with Crippen molar-refractivity contribution < 1.29 is 21.5 Å². The zero-order valence-electron chi connectivity index (χ0n) is 16.7. The Morgan fingerprint density at radius 1 is 0.655 bits per heavy atom. The molecule has 1 aliphatic rings. The first-order chi connectivity index (χ1) is 13.8. The van der Waals surface area contributed by atoms with Gasteiger partial charge in [0.15, 0.2) is 0 Å². The average Bonchev–Trinajstić information content (AvgIpc) is 2.75. The molecule has 0 radical (unpaired) electrons. The van der Waals surface area contributed by atoms with Gasteiger partial charge in [0.1, 0.15) is 13.1 Å². The fraction of sp³-hybridized carbons (Fsp3) is 0.259. The van der Waals surface area contributed by atoms with Gasteiger partial charge in [-0.3, -0.25) is 0 Å². The van der Waals surface area contributed by atoms with Crippen LogP contribution < -0.4 is 17.0 Å². The molecule has 0 aliphatic carbocycles. The lowest BCUT2D eigenvalue weighted by molar-refractivity contribution is -0.919. The van der Waals surface area contributed by atoms with E-state index in [2.05, 4.69) is 78.3 Å². The Bertz CT molecular complexity index is 1050. The summed E-state index contributed by atoms with van der Waals surface area (Å²) in [6.45, 7) is 4.15. The number of fused-ring (bicyclic) bond motifs is 1. The van der Waals surface area contributed by atoms with Gasteiger partial charge < -0.3 is 21.5 Å². The van der Waals surface area contributed by atoms with Crippen molar-refractivity contribution in [2.45, 2.75) is 19.3 Å². The molecule has 0 aromatic heterocycles. The molecule has 1 nitrogen and oxygen atoms in total. The fourth-order valence-corrected chi connectivity index (χ4v) is 4.02. The van der Waals surface area contributed by atoms with E-state index in [-0.39, 0.29) is 17.0 Å². The highest BCUT2D eigenvalue weighted by Gasteiger charge is 2.27. The van der Waals surface area contributed by atoms with E-state index >= 15 is 0 Å². The van der Waals surface area contributed by atoms with Crippen LogP contribution in [0.3, 0.4) is 0 Å². The minimum Gasteiger partial charge on any atom is -1.00 e. The quantitative estimate of drug-likeness (QED) is 0.420. The number of nitrogens with zero attached hydrogens (tertiary/aromatic N) is 1. The van der Waals surface area contributed by atoms with Crippen molar-refractivity contribution in [1.82, 2.24) is 0 Å². The molecule has 29 heavy (non-hydrogen) atoms. The molecule has 1 aliphatic heterocycles. The van der Waals surface area contributed by atoms with Crippen LogP contribution in [0.25, 0.3) is 10.8 Å². The summed E-state index contributed by atoms with van der Waals surface area (Å²) in [7, 11) is 0. The lowest BCUT2D eigenvalue weighted by atomic mass is 10.0. The molecule has 146 valence electrons. The van der Waals surface area contributed by atoms with Gasteiger partial charge in [-0.05, 0) is 60.1 Å². The molecule has 0 N–H and O–H groups in total. The fourth-order valence-electron chi connectivity index (χ4n) is 4.02. The van der Waals surface area contributed by atoms with Gasteiger partial charge in [-0.25, -0.2) is 0 Å². The number of quaternary nitrogens is 1. The molecule has 3 aromatic carbocycles. The van der Waals surface area contributed by atoms with Crippen LogP contribution in [0.4, 0.5) is 0 Å². The molecule has 0 spiro atoms. The van der Waals surface area contributed by atoms with Crippen LogP contribution >= 0.6 is 0 Å². The molecule has 1 fully saturated rings. The number of hydrogen-bond donors (Lipinski definition) is 0. The maximum absolute atomic E-state index is 3.51. The zero-order chi connectivity index (χ0) is 19.1.